The number of carbonyl (C=O) groups excluding carboxylic acids is 2. The molecule has 0 spiro atoms. The summed E-state index contributed by atoms with van der Waals surface area (Å²) in [6, 6.07) is 15.0. The molecule has 0 unspecified atom stereocenters. The molecule has 0 aliphatic rings. The highest BCUT2D eigenvalue weighted by atomic mass is 32.1. The Bertz CT molecular complexity index is 1740. The topological polar surface area (TPSA) is 106 Å². The van der Waals surface area contributed by atoms with Gasteiger partial charge in [-0.3, -0.25) is 9.59 Å². The summed E-state index contributed by atoms with van der Waals surface area (Å²) in [7, 11) is 1.59. The normalized spacial score (nSPS) is 11.0. The molecule has 9 heteroatoms. The van der Waals surface area contributed by atoms with E-state index < -0.39 is 0 Å². The van der Waals surface area contributed by atoms with Gasteiger partial charge in [0, 0.05) is 27.2 Å². The zero-order valence-corrected chi connectivity index (χ0v) is 23.9. The number of aromatic nitrogens is 1. The monoisotopic (exact) mass is 556 g/mol. The predicted octanol–water partition coefficient (Wildman–Crippen LogP) is 7.35. The molecule has 0 fully saturated rings. The zero-order chi connectivity index (χ0) is 27.8. The number of thiophene rings is 2. The predicted molar refractivity (Wildman–Crippen MR) is 162 cm³/mol. The van der Waals surface area contributed by atoms with Crippen molar-refractivity contribution in [3.05, 3.63) is 86.7 Å². The average Bonchev–Trinajstić information content (AvgIpc) is 3.47. The third-order valence-corrected chi connectivity index (χ3v) is 8.69. The molecule has 0 aliphatic heterocycles. The molecule has 39 heavy (non-hydrogen) atoms. The Morgan fingerprint density at radius 3 is 2.31 bits per heavy atom. The lowest BCUT2D eigenvalue weighted by Gasteiger charge is -2.15. The number of nitrogens with one attached hydrogen (secondary N) is 2. The summed E-state index contributed by atoms with van der Waals surface area (Å²) in [5.74, 6) is 0.0802. The van der Waals surface area contributed by atoms with Crippen LogP contribution in [0.25, 0.3) is 20.7 Å². The smallest absolute Gasteiger partial charge is 0.267 e. The summed E-state index contributed by atoms with van der Waals surface area (Å²) in [5, 5.41) is 8.57. The Morgan fingerprint density at radius 2 is 1.67 bits per heavy atom. The number of rotatable bonds is 6. The Balaban J connectivity index is 1.63. The maximum Gasteiger partial charge on any atom is 0.267 e. The molecule has 0 atom stereocenters. The molecule has 198 valence electrons. The number of hydrogen-bond donors (Lipinski definition) is 3. The molecule has 7 nitrogen and oxygen atoms in total. The minimum atomic E-state index is -0.339. The van der Waals surface area contributed by atoms with Gasteiger partial charge in [-0.25, -0.2) is 4.98 Å². The molecule has 5 rings (SSSR count). The van der Waals surface area contributed by atoms with Gasteiger partial charge >= 0.3 is 0 Å². The second-order valence-corrected chi connectivity index (χ2v) is 11.3. The van der Waals surface area contributed by atoms with E-state index in [0.717, 1.165) is 27.3 Å². The summed E-state index contributed by atoms with van der Waals surface area (Å²) >= 11 is 2.75. The van der Waals surface area contributed by atoms with E-state index >= 15 is 0 Å². The number of aryl methyl sites for hydroxylation is 4. The molecule has 0 aliphatic carbocycles. The van der Waals surface area contributed by atoms with Crippen molar-refractivity contribution in [1.29, 1.82) is 0 Å². The summed E-state index contributed by atoms with van der Waals surface area (Å²) in [4.78, 5) is 33.8. The van der Waals surface area contributed by atoms with E-state index in [0.29, 0.717) is 49.0 Å². The van der Waals surface area contributed by atoms with Crippen molar-refractivity contribution in [3.8, 4) is 16.2 Å². The summed E-state index contributed by atoms with van der Waals surface area (Å²) in [6.45, 7) is 7.79. The number of hydrogen-bond acceptors (Lipinski definition) is 7. The summed E-state index contributed by atoms with van der Waals surface area (Å²) < 4.78 is 5.20. The van der Waals surface area contributed by atoms with Crippen molar-refractivity contribution in [3.63, 3.8) is 0 Å². The number of anilines is 3. The number of nitrogen functional groups attached to an aromatic ring is 1. The quantitative estimate of drug-likeness (QED) is 0.203. The number of carbonyl (C=O) groups is 2. The van der Waals surface area contributed by atoms with Crippen molar-refractivity contribution >= 4 is 61.8 Å². The number of fused-ring (bicyclic) bond motifs is 1. The van der Waals surface area contributed by atoms with Crippen LogP contribution in [0.15, 0.2) is 53.9 Å². The van der Waals surface area contributed by atoms with Crippen LogP contribution in [-0.4, -0.2) is 23.9 Å². The maximum absolute atomic E-state index is 13.8. The van der Waals surface area contributed by atoms with Crippen LogP contribution < -0.4 is 21.1 Å². The van der Waals surface area contributed by atoms with Crippen molar-refractivity contribution in [2.45, 2.75) is 27.7 Å². The highest BCUT2D eigenvalue weighted by Gasteiger charge is 2.28. The summed E-state index contributed by atoms with van der Waals surface area (Å²) in [6.07, 6.45) is 0. The fourth-order valence-electron chi connectivity index (χ4n) is 4.57. The van der Waals surface area contributed by atoms with Gasteiger partial charge in [0.15, 0.2) is 0 Å². The van der Waals surface area contributed by atoms with E-state index in [1.165, 1.54) is 22.7 Å². The van der Waals surface area contributed by atoms with Crippen molar-refractivity contribution in [2.75, 3.05) is 23.5 Å². The van der Waals surface area contributed by atoms with Gasteiger partial charge in [-0.1, -0.05) is 17.7 Å². The highest BCUT2D eigenvalue weighted by Crippen LogP contribution is 2.45. The Hall–Kier alpha value is -4.21. The van der Waals surface area contributed by atoms with Gasteiger partial charge < -0.3 is 21.1 Å². The number of amides is 2. The molecular formula is C30H28N4O3S2. The van der Waals surface area contributed by atoms with E-state index in [-0.39, 0.29) is 11.8 Å². The van der Waals surface area contributed by atoms with E-state index in [4.69, 9.17) is 15.5 Å². The number of nitrogens with two attached hydrogens (primary N) is 1. The second-order valence-electron chi connectivity index (χ2n) is 9.36. The van der Waals surface area contributed by atoms with Crippen molar-refractivity contribution in [1.82, 2.24) is 4.98 Å². The average molecular weight is 557 g/mol. The van der Waals surface area contributed by atoms with Crippen LogP contribution in [0.1, 0.15) is 42.4 Å². The fraction of sp³-hybridized carbons (Fsp3) is 0.167. The minimum absolute atomic E-state index is 0.272. The van der Waals surface area contributed by atoms with Gasteiger partial charge in [0.1, 0.15) is 15.5 Å². The minimum Gasteiger partial charge on any atom is -0.497 e. The van der Waals surface area contributed by atoms with E-state index in [2.05, 4.69) is 10.6 Å². The molecular weight excluding hydrogens is 528 g/mol. The second kappa shape index (κ2) is 10.5. The fourth-order valence-corrected chi connectivity index (χ4v) is 6.60. The molecule has 4 N–H and O–H groups in total. The molecule has 0 bridgehead atoms. The Labute approximate surface area is 234 Å². The van der Waals surface area contributed by atoms with Gasteiger partial charge in [0.25, 0.3) is 11.8 Å². The molecule has 0 saturated heterocycles. The largest absolute Gasteiger partial charge is 0.497 e. The van der Waals surface area contributed by atoms with E-state index in [1.54, 1.807) is 31.4 Å². The maximum atomic E-state index is 13.8. The van der Waals surface area contributed by atoms with Crippen molar-refractivity contribution < 1.29 is 14.3 Å². The number of methoxy groups -OCH3 is 1. The van der Waals surface area contributed by atoms with Crippen LogP contribution in [0.4, 0.5) is 17.1 Å². The highest BCUT2D eigenvalue weighted by molar-refractivity contribution is 7.21. The first-order valence-electron chi connectivity index (χ1n) is 12.3. The molecule has 2 amide bonds. The lowest BCUT2D eigenvalue weighted by molar-refractivity contribution is 0.102. The van der Waals surface area contributed by atoms with Crippen LogP contribution in [0.3, 0.4) is 0 Å². The molecule has 5 aromatic rings. The Kier molecular flexibility index (Phi) is 7.12. The number of nitrogens with zero attached hydrogens (tertiary/aromatic N) is 1. The van der Waals surface area contributed by atoms with E-state index in [1.807, 2.05) is 57.3 Å². The number of ether oxygens (including phenoxy) is 1. The third kappa shape index (κ3) is 4.98. The first-order chi connectivity index (χ1) is 18.7. The van der Waals surface area contributed by atoms with Gasteiger partial charge in [-0.05, 0) is 80.6 Å². The van der Waals surface area contributed by atoms with Crippen LogP contribution in [0.5, 0.6) is 5.75 Å². The lowest BCUT2D eigenvalue weighted by Crippen LogP contribution is -2.17. The van der Waals surface area contributed by atoms with Crippen LogP contribution in [-0.2, 0) is 0 Å². The molecule has 0 saturated carbocycles. The van der Waals surface area contributed by atoms with Crippen LogP contribution in [0, 0.1) is 27.7 Å². The first kappa shape index (κ1) is 26.4. The zero-order valence-electron chi connectivity index (χ0n) is 22.3. The van der Waals surface area contributed by atoms with Gasteiger partial charge in [0.2, 0.25) is 0 Å². The standard InChI is InChI=1S/C30H28N4O3S2/c1-15-6-11-21(17(3)14-15)34-28(35)22-18(4)32-30-24(23(22)26-16(2)12-13-38-26)25(31)27(39-30)29(36)33-19-7-9-20(37-5)10-8-19/h6-14H,31H2,1-5H3,(H,33,36)(H,34,35). The Morgan fingerprint density at radius 1 is 0.923 bits per heavy atom. The van der Waals surface area contributed by atoms with Gasteiger partial charge in [-0.15, -0.1) is 22.7 Å². The molecule has 3 heterocycles. The van der Waals surface area contributed by atoms with E-state index in [9.17, 15) is 9.59 Å². The number of pyridine rings is 1. The van der Waals surface area contributed by atoms with Crippen molar-refractivity contribution in [2.24, 2.45) is 0 Å². The van der Waals surface area contributed by atoms with Gasteiger partial charge in [0.05, 0.1) is 24.1 Å². The van der Waals surface area contributed by atoms with Crippen LogP contribution in [0.2, 0.25) is 0 Å². The molecule has 3 aromatic heterocycles. The first-order valence-corrected chi connectivity index (χ1v) is 14.0. The third-order valence-electron chi connectivity index (χ3n) is 6.56. The summed E-state index contributed by atoms with van der Waals surface area (Å²) in [5.41, 5.74) is 13.1. The lowest BCUT2D eigenvalue weighted by atomic mass is 9.98. The SMILES string of the molecule is COc1ccc(NC(=O)c2sc3nc(C)c(C(=O)Nc4ccc(C)cc4C)c(-c4sccc4C)c3c2N)cc1. The molecule has 2 aromatic carbocycles. The van der Waals surface area contributed by atoms with Gasteiger partial charge in [-0.2, -0.15) is 0 Å². The number of benzene rings is 2. The molecule has 0 radical (unpaired) electrons. The van der Waals surface area contributed by atoms with Crippen LogP contribution >= 0.6 is 22.7 Å².